The zero-order chi connectivity index (χ0) is 21.3. The van der Waals surface area contributed by atoms with Gasteiger partial charge in [-0.3, -0.25) is 4.79 Å². The average molecular weight is 424 g/mol. The van der Waals surface area contributed by atoms with E-state index in [1.54, 1.807) is 26.2 Å². The van der Waals surface area contributed by atoms with Crippen LogP contribution in [0, 0.1) is 5.92 Å². The van der Waals surface area contributed by atoms with Gasteiger partial charge in [-0.2, -0.15) is 0 Å². The van der Waals surface area contributed by atoms with Crippen molar-refractivity contribution in [3.63, 3.8) is 0 Å². The third kappa shape index (κ3) is 8.02. The maximum Gasteiger partial charge on any atom is 0.253 e. The van der Waals surface area contributed by atoms with Crippen LogP contribution in [0.15, 0.2) is 29.3 Å². The molecule has 2 rings (SSSR count). The number of rotatable bonds is 10. The van der Waals surface area contributed by atoms with Crippen molar-refractivity contribution < 1.29 is 13.2 Å². The number of hydrogen-bond donors (Lipinski definition) is 3. The van der Waals surface area contributed by atoms with Crippen LogP contribution in [0.5, 0.6) is 0 Å². The van der Waals surface area contributed by atoms with Gasteiger partial charge >= 0.3 is 0 Å². The van der Waals surface area contributed by atoms with E-state index in [4.69, 9.17) is 0 Å². The molecule has 8 nitrogen and oxygen atoms in total. The Labute approximate surface area is 174 Å². The van der Waals surface area contributed by atoms with Gasteiger partial charge in [0.2, 0.25) is 10.0 Å². The average Bonchev–Trinajstić information content (AvgIpc) is 2.64. The molecule has 0 radical (unpaired) electrons. The maximum atomic E-state index is 12.1. The summed E-state index contributed by atoms with van der Waals surface area (Å²) in [6.07, 6.45) is 3.43. The Morgan fingerprint density at radius 3 is 2.41 bits per heavy atom. The fourth-order valence-electron chi connectivity index (χ4n) is 2.84. The molecule has 0 spiro atoms. The van der Waals surface area contributed by atoms with Crippen LogP contribution in [0.3, 0.4) is 0 Å². The van der Waals surface area contributed by atoms with Crippen LogP contribution >= 0.6 is 0 Å². The van der Waals surface area contributed by atoms with Gasteiger partial charge in [0.1, 0.15) is 0 Å². The Bertz CT molecular complexity index is 787. The molecule has 1 aliphatic carbocycles. The lowest BCUT2D eigenvalue weighted by atomic mass is 9.86. The fraction of sp³-hybridized carbons (Fsp3) is 0.600. The van der Waals surface area contributed by atoms with Crippen LogP contribution in [0.2, 0.25) is 0 Å². The Morgan fingerprint density at radius 1 is 1.17 bits per heavy atom. The van der Waals surface area contributed by atoms with Gasteiger partial charge in [-0.15, -0.1) is 0 Å². The Kier molecular flexibility index (Phi) is 8.91. The van der Waals surface area contributed by atoms with E-state index in [2.05, 4.69) is 20.3 Å². The summed E-state index contributed by atoms with van der Waals surface area (Å²) in [5, 5.41) is 6.18. The molecule has 1 aliphatic rings. The number of amides is 1. The topological polar surface area (TPSA) is 103 Å². The number of carbonyl (C=O) groups is 1. The second-order valence-corrected chi connectivity index (χ2v) is 9.41. The van der Waals surface area contributed by atoms with Gasteiger partial charge < -0.3 is 15.5 Å². The molecule has 162 valence electrons. The van der Waals surface area contributed by atoms with Crippen molar-refractivity contribution in [3.8, 4) is 0 Å². The van der Waals surface area contributed by atoms with Crippen LogP contribution in [-0.4, -0.2) is 64.7 Å². The highest BCUT2D eigenvalue weighted by molar-refractivity contribution is 7.89. The van der Waals surface area contributed by atoms with Crippen LogP contribution in [0.25, 0.3) is 0 Å². The molecule has 0 bridgehead atoms. The smallest absolute Gasteiger partial charge is 0.253 e. The van der Waals surface area contributed by atoms with Gasteiger partial charge in [-0.05, 0) is 43.4 Å². The van der Waals surface area contributed by atoms with Crippen molar-refractivity contribution in [1.29, 1.82) is 0 Å². The molecule has 0 atom stereocenters. The van der Waals surface area contributed by atoms with Crippen molar-refractivity contribution >= 4 is 21.9 Å². The molecule has 1 fully saturated rings. The summed E-state index contributed by atoms with van der Waals surface area (Å²) in [5.41, 5.74) is 1.60. The quantitative estimate of drug-likeness (QED) is 0.387. The summed E-state index contributed by atoms with van der Waals surface area (Å²) < 4.78 is 26.9. The number of aliphatic imine (C=N–C) groups is 1. The summed E-state index contributed by atoms with van der Waals surface area (Å²) in [4.78, 5) is 18.0. The van der Waals surface area contributed by atoms with Gasteiger partial charge in [0.05, 0.1) is 12.3 Å². The van der Waals surface area contributed by atoms with Gasteiger partial charge in [0, 0.05) is 39.3 Å². The number of carbonyl (C=O) groups excluding carboxylic acids is 1. The first-order chi connectivity index (χ1) is 13.8. The number of benzene rings is 1. The molecule has 0 saturated heterocycles. The van der Waals surface area contributed by atoms with Crippen molar-refractivity contribution in [2.75, 3.05) is 39.5 Å². The van der Waals surface area contributed by atoms with E-state index >= 15 is 0 Å². The SMILES string of the molecule is CCNC(=NCc1ccc(C(=O)N(C)C)cc1)NCCS(=O)(=O)NCC1CCC1. The minimum atomic E-state index is -3.28. The molecule has 0 heterocycles. The van der Waals surface area contributed by atoms with E-state index in [0.717, 1.165) is 18.4 Å². The molecule has 1 saturated carbocycles. The third-order valence-electron chi connectivity index (χ3n) is 4.85. The number of sulfonamides is 1. The molecule has 3 N–H and O–H groups in total. The van der Waals surface area contributed by atoms with Crippen molar-refractivity contribution in [3.05, 3.63) is 35.4 Å². The summed E-state index contributed by atoms with van der Waals surface area (Å²) in [5.74, 6) is 1.03. The first-order valence-electron chi connectivity index (χ1n) is 10.1. The van der Waals surface area contributed by atoms with Gasteiger partial charge in [-0.25, -0.2) is 18.1 Å². The minimum absolute atomic E-state index is 0.00543. The molecule has 0 aliphatic heterocycles. The summed E-state index contributed by atoms with van der Waals surface area (Å²) in [7, 11) is 0.159. The largest absolute Gasteiger partial charge is 0.357 e. The predicted molar refractivity (Wildman–Crippen MR) is 116 cm³/mol. The highest BCUT2D eigenvalue weighted by atomic mass is 32.2. The molecule has 0 unspecified atom stereocenters. The Balaban J connectivity index is 1.83. The van der Waals surface area contributed by atoms with E-state index in [9.17, 15) is 13.2 Å². The molecular weight excluding hydrogens is 390 g/mol. The number of hydrogen-bond acceptors (Lipinski definition) is 4. The van der Waals surface area contributed by atoms with Gasteiger partial charge in [-0.1, -0.05) is 18.6 Å². The summed E-state index contributed by atoms with van der Waals surface area (Å²) in [6.45, 7) is 3.88. The highest BCUT2D eigenvalue weighted by Crippen LogP contribution is 2.25. The molecular formula is C20H33N5O3S. The summed E-state index contributed by atoms with van der Waals surface area (Å²) >= 11 is 0. The van der Waals surface area contributed by atoms with Gasteiger partial charge in [0.25, 0.3) is 5.91 Å². The van der Waals surface area contributed by atoms with E-state index < -0.39 is 10.0 Å². The molecule has 1 aromatic carbocycles. The lowest BCUT2D eigenvalue weighted by molar-refractivity contribution is 0.0827. The zero-order valence-electron chi connectivity index (χ0n) is 17.6. The lowest BCUT2D eigenvalue weighted by Gasteiger charge is -2.25. The Morgan fingerprint density at radius 2 is 1.86 bits per heavy atom. The predicted octanol–water partition coefficient (Wildman–Crippen LogP) is 1.16. The van der Waals surface area contributed by atoms with E-state index in [-0.39, 0.29) is 18.2 Å². The molecule has 9 heteroatoms. The normalized spacial score (nSPS) is 14.9. The number of nitrogens with one attached hydrogen (secondary N) is 3. The highest BCUT2D eigenvalue weighted by Gasteiger charge is 2.20. The monoisotopic (exact) mass is 423 g/mol. The van der Waals surface area contributed by atoms with Gasteiger partial charge in [0.15, 0.2) is 5.96 Å². The third-order valence-corrected chi connectivity index (χ3v) is 6.20. The molecule has 29 heavy (non-hydrogen) atoms. The zero-order valence-corrected chi connectivity index (χ0v) is 18.4. The minimum Gasteiger partial charge on any atom is -0.357 e. The van der Waals surface area contributed by atoms with Crippen LogP contribution in [0.4, 0.5) is 0 Å². The number of guanidine groups is 1. The standard InChI is InChI=1S/C20H33N5O3S/c1-4-21-20(22-12-13-29(27,28)24-15-16-6-5-7-16)23-14-17-8-10-18(11-9-17)19(26)25(2)3/h8-11,16,24H,4-7,12-15H2,1-3H3,(H2,21,22,23). The number of nitrogens with zero attached hydrogens (tertiary/aromatic N) is 2. The van der Waals surface area contributed by atoms with Crippen molar-refractivity contribution in [2.24, 2.45) is 10.9 Å². The first kappa shape index (κ1) is 23.2. The van der Waals surface area contributed by atoms with Crippen LogP contribution in [0.1, 0.15) is 42.1 Å². The van der Waals surface area contributed by atoms with Crippen molar-refractivity contribution in [2.45, 2.75) is 32.7 Å². The van der Waals surface area contributed by atoms with E-state index in [1.165, 1.54) is 11.3 Å². The molecule has 1 amide bonds. The molecule has 1 aromatic rings. The van der Waals surface area contributed by atoms with Crippen LogP contribution < -0.4 is 15.4 Å². The van der Waals surface area contributed by atoms with E-state index in [0.29, 0.717) is 37.1 Å². The lowest BCUT2D eigenvalue weighted by Crippen LogP contribution is -2.42. The van der Waals surface area contributed by atoms with Crippen molar-refractivity contribution in [1.82, 2.24) is 20.3 Å². The summed E-state index contributed by atoms with van der Waals surface area (Å²) in [6, 6.07) is 7.32. The second-order valence-electron chi connectivity index (χ2n) is 7.48. The molecule has 0 aromatic heterocycles. The van der Waals surface area contributed by atoms with Crippen LogP contribution in [-0.2, 0) is 16.6 Å². The Hall–Kier alpha value is -2.13. The maximum absolute atomic E-state index is 12.1. The van der Waals surface area contributed by atoms with E-state index in [1.807, 2.05) is 19.1 Å². The first-order valence-corrected chi connectivity index (χ1v) is 11.8. The second kappa shape index (κ2) is 11.2. The fourth-order valence-corrected chi connectivity index (χ4v) is 3.85.